The maximum atomic E-state index is 12.6. The van der Waals surface area contributed by atoms with Gasteiger partial charge in [-0.2, -0.15) is 0 Å². The minimum atomic E-state index is 0.0365. The van der Waals surface area contributed by atoms with Gasteiger partial charge in [-0.25, -0.2) is 0 Å². The van der Waals surface area contributed by atoms with Crippen LogP contribution in [-0.2, 0) is 0 Å². The Morgan fingerprint density at radius 1 is 1.00 bits per heavy atom. The molecule has 0 aromatic heterocycles. The number of amides is 1. The maximum absolute atomic E-state index is 12.6. The van der Waals surface area contributed by atoms with Gasteiger partial charge < -0.3 is 14.4 Å². The summed E-state index contributed by atoms with van der Waals surface area (Å²) in [4.78, 5) is 14.6. The van der Waals surface area contributed by atoms with Gasteiger partial charge in [0.1, 0.15) is 0 Å². The van der Waals surface area contributed by atoms with E-state index < -0.39 is 0 Å². The molecular formula is C16H20ClNO3. The van der Waals surface area contributed by atoms with Gasteiger partial charge >= 0.3 is 0 Å². The van der Waals surface area contributed by atoms with Crippen molar-refractivity contribution in [2.24, 2.45) is 0 Å². The van der Waals surface area contributed by atoms with E-state index in [2.05, 4.69) is 0 Å². The second kappa shape index (κ2) is 6.56. The number of fused-ring (bicyclic) bond motifs is 1. The molecule has 0 atom stereocenters. The van der Waals surface area contributed by atoms with E-state index in [1.165, 1.54) is 12.8 Å². The number of ether oxygens (including phenoxy) is 2. The van der Waals surface area contributed by atoms with Crippen molar-refractivity contribution in [2.75, 3.05) is 26.3 Å². The van der Waals surface area contributed by atoms with Crippen molar-refractivity contribution in [1.82, 2.24) is 4.90 Å². The van der Waals surface area contributed by atoms with Crippen molar-refractivity contribution >= 4 is 17.5 Å². The van der Waals surface area contributed by atoms with Crippen LogP contribution in [0.4, 0.5) is 0 Å². The lowest BCUT2D eigenvalue weighted by Gasteiger charge is -2.21. The summed E-state index contributed by atoms with van der Waals surface area (Å²) in [5.74, 6) is 1.18. The third-order valence-corrected chi connectivity index (χ3v) is 4.22. The molecule has 0 spiro atoms. The van der Waals surface area contributed by atoms with Crippen molar-refractivity contribution in [3.63, 3.8) is 0 Å². The number of hydrogen-bond donors (Lipinski definition) is 0. The van der Waals surface area contributed by atoms with Crippen LogP contribution >= 0.6 is 11.6 Å². The molecule has 114 valence electrons. The average molecular weight is 310 g/mol. The van der Waals surface area contributed by atoms with E-state index in [1.54, 1.807) is 12.1 Å². The number of likely N-dealkylation sites (tertiary alicyclic amines) is 1. The number of benzene rings is 1. The van der Waals surface area contributed by atoms with Gasteiger partial charge in [0.15, 0.2) is 11.5 Å². The zero-order valence-corrected chi connectivity index (χ0v) is 12.8. The molecule has 0 aliphatic carbocycles. The fourth-order valence-corrected chi connectivity index (χ4v) is 3.08. The Morgan fingerprint density at radius 2 is 1.71 bits per heavy atom. The van der Waals surface area contributed by atoms with Crippen molar-refractivity contribution in [3.8, 4) is 11.5 Å². The SMILES string of the molecule is O=C(c1cc(Cl)c2c(c1)OCCCO2)N1CCCCCC1. The second-order valence-electron chi connectivity index (χ2n) is 5.54. The normalized spacial score (nSPS) is 18.8. The summed E-state index contributed by atoms with van der Waals surface area (Å²) in [6.07, 6.45) is 5.37. The van der Waals surface area contributed by atoms with Gasteiger partial charge in [-0.15, -0.1) is 0 Å². The van der Waals surface area contributed by atoms with E-state index in [0.717, 1.165) is 32.4 Å². The molecular weight excluding hydrogens is 290 g/mol. The first kappa shape index (κ1) is 14.5. The molecule has 0 saturated carbocycles. The topological polar surface area (TPSA) is 38.8 Å². The number of hydrogen-bond acceptors (Lipinski definition) is 3. The molecule has 2 aliphatic heterocycles. The highest BCUT2D eigenvalue weighted by Gasteiger charge is 2.22. The molecule has 2 aliphatic rings. The minimum Gasteiger partial charge on any atom is -0.489 e. The molecule has 21 heavy (non-hydrogen) atoms. The Kier molecular flexibility index (Phi) is 4.54. The monoisotopic (exact) mass is 309 g/mol. The molecule has 0 unspecified atom stereocenters. The maximum Gasteiger partial charge on any atom is 0.254 e. The highest BCUT2D eigenvalue weighted by atomic mass is 35.5. The van der Waals surface area contributed by atoms with Gasteiger partial charge in [0.2, 0.25) is 0 Å². The molecule has 1 amide bonds. The number of nitrogens with zero attached hydrogens (tertiary/aromatic N) is 1. The largest absolute Gasteiger partial charge is 0.489 e. The zero-order chi connectivity index (χ0) is 14.7. The molecule has 5 heteroatoms. The summed E-state index contributed by atoms with van der Waals surface area (Å²) < 4.78 is 11.2. The standard InChI is InChI=1S/C16H20ClNO3/c17-13-10-12(11-14-15(13)21-9-5-8-20-14)16(19)18-6-3-1-2-4-7-18/h10-11H,1-9H2. The molecule has 2 heterocycles. The quantitative estimate of drug-likeness (QED) is 0.797. The molecule has 4 nitrogen and oxygen atoms in total. The van der Waals surface area contributed by atoms with Gasteiger partial charge in [-0.05, 0) is 25.0 Å². The fourth-order valence-electron chi connectivity index (χ4n) is 2.81. The fraction of sp³-hybridized carbons (Fsp3) is 0.562. The summed E-state index contributed by atoms with van der Waals surface area (Å²) in [5, 5.41) is 0.451. The third kappa shape index (κ3) is 3.26. The Hall–Kier alpha value is -1.42. The van der Waals surface area contributed by atoms with Gasteiger partial charge in [0.25, 0.3) is 5.91 Å². The van der Waals surface area contributed by atoms with Gasteiger partial charge in [-0.3, -0.25) is 4.79 Å². The van der Waals surface area contributed by atoms with Crippen LogP contribution in [0.25, 0.3) is 0 Å². The summed E-state index contributed by atoms with van der Waals surface area (Å²) in [5.41, 5.74) is 0.589. The van der Waals surface area contributed by atoms with Crippen LogP contribution in [-0.4, -0.2) is 37.1 Å². The second-order valence-corrected chi connectivity index (χ2v) is 5.95. The highest BCUT2D eigenvalue weighted by Crippen LogP contribution is 2.38. The highest BCUT2D eigenvalue weighted by molar-refractivity contribution is 6.32. The van der Waals surface area contributed by atoms with E-state index in [1.807, 2.05) is 4.90 Å². The molecule has 1 fully saturated rings. The zero-order valence-electron chi connectivity index (χ0n) is 12.1. The summed E-state index contributed by atoms with van der Waals surface area (Å²) in [6, 6.07) is 3.46. The average Bonchev–Trinajstić information content (AvgIpc) is 2.89. The van der Waals surface area contributed by atoms with Gasteiger partial charge in [-0.1, -0.05) is 24.4 Å². The van der Waals surface area contributed by atoms with Crippen molar-refractivity contribution in [1.29, 1.82) is 0 Å². The van der Waals surface area contributed by atoms with Crippen LogP contribution in [0.1, 0.15) is 42.5 Å². The smallest absolute Gasteiger partial charge is 0.254 e. The van der Waals surface area contributed by atoms with Crippen molar-refractivity contribution < 1.29 is 14.3 Å². The summed E-state index contributed by atoms with van der Waals surface area (Å²) in [6.45, 7) is 2.83. The molecule has 1 aromatic carbocycles. The van der Waals surface area contributed by atoms with Crippen molar-refractivity contribution in [2.45, 2.75) is 32.1 Å². The first-order chi connectivity index (χ1) is 10.3. The Bertz CT molecular complexity index is 524. The molecule has 0 radical (unpaired) electrons. The first-order valence-electron chi connectivity index (χ1n) is 7.64. The Morgan fingerprint density at radius 3 is 2.48 bits per heavy atom. The lowest BCUT2D eigenvalue weighted by atomic mass is 10.1. The molecule has 0 bridgehead atoms. The minimum absolute atomic E-state index is 0.0365. The lowest BCUT2D eigenvalue weighted by molar-refractivity contribution is 0.0761. The van der Waals surface area contributed by atoms with E-state index in [9.17, 15) is 4.79 Å². The van der Waals surface area contributed by atoms with E-state index in [0.29, 0.717) is 35.3 Å². The number of carbonyl (C=O) groups excluding carboxylic acids is 1. The lowest BCUT2D eigenvalue weighted by Crippen LogP contribution is -2.31. The molecule has 0 N–H and O–H groups in total. The van der Waals surface area contributed by atoms with E-state index >= 15 is 0 Å². The predicted octanol–water partition coefficient (Wildman–Crippen LogP) is 3.52. The number of halogens is 1. The predicted molar refractivity (Wildman–Crippen MR) is 81.4 cm³/mol. The molecule has 3 rings (SSSR count). The van der Waals surface area contributed by atoms with E-state index in [-0.39, 0.29) is 5.91 Å². The van der Waals surface area contributed by atoms with Crippen LogP contribution in [0.3, 0.4) is 0 Å². The third-order valence-electron chi connectivity index (χ3n) is 3.94. The van der Waals surface area contributed by atoms with Crippen molar-refractivity contribution in [3.05, 3.63) is 22.7 Å². The Balaban J connectivity index is 1.86. The van der Waals surface area contributed by atoms with Crippen LogP contribution in [0.2, 0.25) is 5.02 Å². The number of rotatable bonds is 1. The first-order valence-corrected chi connectivity index (χ1v) is 8.02. The van der Waals surface area contributed by atoms with Crippen LogP contribution in [0, 0.1) is 0 Å². The van der Waals surface area contributed by atoms with E-state index in [4.69, 9.17) is 21.1 Å². The van der Waals surface area contributed by atoms with Gasteiger partial charge in [0, 0.05) is 25.1 Å². The summed E-state index contributed by atoms with van der Waals surface area (Å²) in [7, 11) is 0. The van der Waals surface area contributed by atoms with Crippen LogP contribution in [0.15, 0.2) is 12.1 Å². The van der Waals surface area contributed by atoms with Gasteiger partial charge in [0.05, 0.1) is 18.2 Å². The Labute approximate surface area is 130 Å². The van der Waals surface area contributed by atoms with Crippen LogP contribution < -0.4 is 9.47 Å². The molecule has 1 aromatic rings. The van der Waals surface area contributed by atoms with Crippen LogP contribution in [0.5, 0.6) is 11.5 Å². The summed E-state index contributed by atoms with van der Waals surface area (Å²) >= 11 is 6.26. The molecule has 1 saturated heterocycles. The number of carbonyl (C=O) groups is 1.